The van der Waals surface area contributed by atoms with Crippen molar-refractivity contribution >= 4 is 11.8 Å². The van der Waals surface area contributed by atoms with Crippen LogP contribution in [0.15, 0.2) is 47.1 Å². The second kappa shape index (κ2) is 7.63. The van der Waals surface area contributed by atoms with E-state index in [1.165, 1.54) is 16.7 Å². The van der Waals surface area contributed by atoms with Crippen LogP contribution in [0.1, 0.15) is 41.6 Å². The minimum Gasteiger partial charge on any atom is -0.459 e. The molecule has 122 valence electrons. The Kier molecular flexibility index (Phi) is 5.57. The summed E-state index contributed by atoms with van der Waals surface area (Å²) >= 11 is 0. The van der Waals surface area contributed by atoms with E-state index in [-0.39, 0.29) is 30.2 Å². The Morgan fingerprint density at radius 2 is 1.91 bits per heavy atom. The third kappa shape index (κ3) is 4.45. The van der Waals surface area contributed by atoms with Crippen molar-refractivity contribution in [1.82, 2.24) is 10.2 Å². The lowest BCUT2D eigenvalue weighted by atomic mass is 10.1. The molecule has 5 heteroatoms. The molecule has 0 aliphatic heterocycles. The van der Waals surface area contributed by atoms with Gasteiger partial charge in [-0.2, -0.15) is 0 Å². The second-order valence-corrected chi connectivity index (χ2v) is 5.52. The molecular weight excluding hydrogens is 292 g/mol. The van der Waals surface area contributed by atoms with Crippen LogP contribution in [0.5, 0.6) is 0 Å². The molecule has 1 unspecified atom stereocenters. The molecule has 1 N–H and O–H groups in total. The van der Waals surface area contributed by atoms with E-state index in [1.807, 2.05) is 19.1 Å². The van der Waals surface area contributed by atoms with Crippen molar-refractivity contribution < 1.29 is 14.0 Å². The lowest BCUT2D eigenvalue weighted by Crippen LogP contribution is -2.39. The molecule has 1 atom stereocenters. The Bertz CT molecular complexity index is 647. The van der Waals surface area contributed by atoms with Gasteiger partial charge in [0.25, 0.3) is 5.91 Å². The average molecular weight is 314 g/mol. The van der Waals surface area contributed by atoms with Gasteiger partial charge in [-0.05, 0) is 36.6 Å². The van der Waals surface area contributed by atoms with Gasteiger partial charge in [-0.3, -0.25) is 9.59 Å². The first-order chi connectivity index (χ1) is 11.0. The summed E-state index contributed by atoms with van der Waals surface area (Å²) in [5.41, 5.74) is 2.30. The summed E-state index contributed by atoms with van der Waals surface area (Å²) in [6.07, 6.45) is 2.42. The number of likely N-dealkylation sites (N-methyl/N-ethyl adjacent to an activating group) is 1. The highest BCUT2D eigenvalue weighted by atomic mass is 16.3. The molecule has 5 nitrogen and oxygen atoms in total. The highest BCUT2D eigenvalue weighted by Gasteiger charge is 2.18. The topological polar surface area (TPSA) is 62.6 Å². The summed E-state index contributed by atoms with van der Waals surface area (Å²) in [5.74, 6) is -0.298. The van der Waals surface area contributed by atoms with Gasteiger partial charge < -0.3 is 14.6 Å². The van der Waals surface area contributed by atoms with Gasteiger partial charge in [0.2, 0.25) is 5.91 Å². The molecule has 0 bridgehead atoms. The van der Waals surface area contributed by atoms with Crippen molar-refractivity contribution in [3.8, 4) is 0 Å². The molecule has 2 rings (SSSR count). The predicted octanol–water partition coefficient (Wildman–Crippen LogP) is 2.79. The number of aryl methyl sites for hydroxylation is 1. The first-order valence-corrected chi connectivity index (χ1v) is 7.68. The largest absolute Gasteiger partial charge is 0.459 e. The zero-order valence-corrected chi connectivity index (χ0v) is 13.7. The number of carbonyl (C=O) groups excluding carboxylic acids is 2. The van der Waals surface area contributed by atoms with Crippen molar-refractivity contribution in [2.45, 2.75) is 26.3 Å². The number of nitrogens with one attached hydrogen (secondary N) is 1. The number of hydrogen-bond donors (Lipinski definition) is 1. The van der Waals surface area contributed by atoms with E-state index in [9.17, 15) is 9.59 Å². The molecular formula is C18H22N2O3. The summed E-state index contributed by atoms with van der Waals surface area (Å²) in [6, 6.07) is 11.3. The lowest BCUT2D eigenvalue weighted by molar-refractivity contribution is -0.122. The number of hydrogen-bond acceptors (Lipinski definition) is 3. The van der Waals surface area contributed by atoms with Gasteiger partial charge in [0, 0.05) is 7.05 Å². The first-order valence-electron chi connectivity index (χ1n) is 7.68. The van der Waals surface area contributed by atoms with Crippen molar-refractivity contribution in [3.63, 3.8) is 0 Å². The summed E-state index contributed by atoms with van der Waals surface area (Å²) in [4.78, 5) is 25.5. The van der Waals surface area contributed by atoms with E-state index in [0.717, 1.165) is 12.0 Å². The smallest absolute Gasteiger partial charge is 0.289 e. The quantitative estimate of drug-likeness (QED) is 0.892. The molecule has 23 heavy (non-hydrogen) atoms. The van der Waals surface area contributed by atoms with Crippen LogP contribution in [0.2, 0.25) is 0 Å². The first kappa shape index (κ1) is 16.8. The third-order valence-electron chi connectivity index (χ3n) is 3.72. The van der Waals surface area contributed by atoms with Crippen molar-refractivity contribution in [2.24, 2.45) is 0 Å². The molecule has 0 saturated heterocycles. The Morgan fingerprint density at radius 3 is 2.48 bits per heavy atom. The molecule has 0 fully saturated rings. The van der Waals surface area contributed by atoms with Crippen LogP contribution in [0.3, 0.4) is 0 Å². The highest BCUT2D eigenvalue weighted by molar-refractivity contribution is 5.94. The van der Waals surface area contributed by atoms with E-state index in [4.69, 9.17) is 4.42 Å². The molecule has 2 amide bonds. The Balaban J connectivity index is 1.89. The maximum absolute atomic E-state index is 12.1. The number of benzene rings is 1. The molecule has 0 radical (unpaired) electrons. The summed E-state index contributed by atoms with van der Waals surface area (Å²) in [5, 5.41) is 2.90. The van der Waals surface area contributed by atoms with Crippen molar-refractivity contribution in [1.29, 1.82) is 0 Å². The maximum atomic E-state index is 12.1. The van der Waals surface area contributed by atoms with Crippen LogP contribution in [0.4, 0.5) is 0 Å². The van der Waals surface area contributed by atoms with Crippen LogP contribution < -0.4 is 5.32 Å². The Hall–Kier alpha value is -2.56. The number of nitrogens with zero attached hydrogens (tertiary/aromatic N) is 1. The fourth-order valence-electron chi connectivity index (χ4n) is 2.29. The molecule has 0 aliphatic rings. The Labute approximate surface area is 136 Å². The van der Waals surface area contributed by atoms with Crippen LogP contribution in [-0.2, 0) is 11.2 Å². The maximum Gasteiger partial charge on any atom is 0.289 e. The van der Waals surface area contributed by atoms with Gasteiger partial charge in [0.15, 0.2) is 5.76 Å². The lowest BCUT2D eigenvalue weighted by Gasteiger charge is -2.19. The van der Waals surface area contributed by atoms with Gasteiger partial charge in [0.05, 0.1) is 18.8 Å². The molecule has 0 saturated carbocycles. The zero-order chi connectivity index (χ0) is 16.8. The minimum absolute atomic E-state index is 0.0169. The normalized spacial score (nSPS) is 11.8. The highest BCUT2D eigenvalue weighted by Crippen LogP contribution is 2.13. The number of furan rings is 1. The zero-order valence-electron chi connectivity index (χ0n) is 13.7. The fraction of sp³-hybridized carbons (Fsp3) is 0.333. The average Bonchev–Trinajstić information content (AvgIpc) is 3.08. The van der Waals surface area contributed by atoms with E-state index in [1.54, 1.807) is 19.2 Å². The van der Waals surface area contributed by atoms with Crippen LogP contribution >= 0.6 is 0 Å². The van der Waals surface area contributed by atoms with Gasteiger partial charge >= 0.3 is 0 Å². The summed E-state index contributed by atoms with van der Waals surface area (Å²) < 4.78 is 5.05. The third-order valence-corrected chi connectivity index (χ3v) is 3.72. The van der Waals surface area contributed by atoms with E-state index >= 15 is 0 Å². The van der Waals surface area contributed by atoms with E-state index in [0.29, 0.717) is 0 Å². The van der Waals surface area contributed by atoms with Crippen LogP contribution in [0.25, 0.3) is 0 Å². The summed E-state index contributed by atoms with van der Waals surface area (Å²) in [7, 11) is 1.57. The number of amides is 2. The number of rotatable bonds is 6. The Morgan fingerprint density at radius 1 is 1.22 bits per heavy atom. The summed E-state index contributed by atoms with van der Waals surface area (Å²) in [6.45, 7) is 4.01. The molecule has 0 spiro atoms. The van der Waals surface area contributed by atoms with Crippen LogP contribution in [-0.4, -0.2) is 30.3 Å². The SMILES string of the molecule is CCc1ccc(C(C)NC(=O)CN(C)C(=O)c2ccco2)cc1. The van der Waals surface area contributed by atoms with Gasteiger partial charge in [-0.25, -0.2) is 0 Å². The molecule has 1 heterocycles. The minimum atomic E-state index is -0.315. The molecule has 1 aromatic carbocycles. The molecule has 0 aliphatic carbocycles. The predicted molar refractivity (Wildman–Crippen MR) is 88.0 cm³/mol. The van der Waals surface area contributed by atoms with E-state index in [2.05, 4.69) is 24.4 Å². The molecule has 1 aromatic heterocycles. The van der Waals surface area contributed by atoms with Crippen LogP contribution in [0, 0.1) is 0 Å². The van der Waals surface area contributed by atoms with Crippen molar-refractivity contribution in [2.75, 3.05) is 13.6 Å². The van der Waals surface area contributed by atoms with Gasteiger partial charge in [-0.15, -0.1) is 0 Å². The standard InChI is InChI=1S/C18H22N2O3/c1-4-14-7-9-15(10-8-14)13(2)19-17(21)12-20(3)18(22)16-6-5-11-23-16/h5-11,13H,4,12H2,1-3H3,(H,19,21). The van der Waals surface area contributed by atoms with Gasteiger partial charge in [0.1, 0.15) is 0 Å². The van der Waals surface area contributed by atoms with E-state index < -0.39 is 0 Å². The fourth-order valence-corrected chi connectivity index (χ4v) is 2.29. The second-order valence-electron chi connectivity index (χ2n) is 5.52. The monoisotopic (exact) mass is 314 g/mol. The van der Waals surface area contributed by atoms with Gasteiger partial charge in [-0.1, -0.05) is 31.2 Å². The number of carbonyl (C=O) groups is 2. The molecule has 2 aromatic rings. The van der Waals surface area contributed by atoms with Crippen molar-refractivity contribution in [3.05, 3.63) is 59.5 Å².